The lowest BCUT2D eigenvalue weighted by Gasteiger charge is -1.99. The molecule has 0 N–H and O–H groups in total. The molecule has 0 aliphatic rings. The molecule has 0 unspecified atom stereocenters. The fourth-order valence-corrected chi connectivity index (χ4v) is 3.14. The predicted octanol–water partition coefficient (Wildman–Crippen LogP) is 4.52. The second-order valence-electron chi connectivity index (χ2n) is 3.27. The molecule has 1 aromatic carbocycles. The van der Waals surface area contributed by atoms with Gasteiger partial charge in [0.05, 0.1) is 15.0 Å². The molecule has 0 saturated heterocycles. The fourth-order valence-electron chi connectivity index (χ4n) is 1.24. The Kier molecular flexibility index (Phi) is 4.20. The summed E-state index contributed by atoms with van der Waals surface area (Å²) in [6, 6.07) is 9.62. The Morgan fingerprint density at radius 1 is 1.35 bits per heavy atom. The van der Waals surface area contributed by atoms with Gasteiger partial charge < -0.3 is 0 Å². The molecule has 2 aromatic rings. The van der Waals surface area contributed by atoms with E-state index in [2.05, 4.69) is 0 Å². The first kappa shape index (κ1) is 12.6. The van der Waals surface area contributed by atoms with E-state index in [-0.39, 0.29) is 11.6 Å². The highest BCUT2D eigenvalue weighted by atomic mass is 35.5. The van der Waals surface area contributed by atoms with E-state index in [0.717, 1.165) is 4.90 Å². The first-order valence-electron chi connectivity index (χ1n) is 4.82. The largest absolute Gasteiger partial charge is 0.292 e. The summed E-state index contributed by atoms with van der Waals surface area (Å²) >= 11 is 8.34. The molecule has 0 atom stereocenters. The number of benzene rings is 1. The lowest BCUT2D eigenvalue weighted by molar-refractivity contribution is 0.102. The van der Waals surface area contributed by atoms with E-state index in [9.17, 15) is 9.18 Å². The van der Waals surface area contributed by atoms with E-state index in [1.807, 2.05) is 0 Å². The van der Waals surface area contributed by atoms with Gasteiger partial charge in [-0.25, -0.2) is 4.39 Å². The number of ketones is 1. The summed E-state index contributed by atoms with van der Waals surface area (Å²) < 4.78 is 13.5. The van der Waals surface area contributed by atoms with E-state index in [4.69, 9.17) is 11.6 Å². The lowest BCUT2D eigenvalue weighted by atomic mass is 10.3. The van der Waals surface area contributed by atoms with Gasteiger partial charge in [-0.1, -0.05) is 17.7 Å². The van der Waals surface area contributed by atoms with Crippen molar-refractivity contribution >= 4 is 40.5 Å². The molecule has 0 spiro atoms. The Labute approximate surface area is 112 Å². The van der Waals surface area contributed by atoms with Crippen LogP contribution in [0.1, 0.15) is 9.67 Å². The maximum atomic E-state index is 12.9. The van der Waals surface area contributed by atoms with Gasteiger partial charge in [-0.05, 0) is 30.3 Å². The van der Waals surface area contributed by atoms with Crippen LogP contribution in [0.2, 0.25) is 4.34 Å². The maximum absolute atomic E-state index is 12.9. The zero-order valence-corrected chi connectivity index (χ0v) is 11.0. The number of rotatable bonds is 4. The molecule has 1 nitrogen and oxygen atoms in total. The minimum absolute atomic E-state index is 0.0103. The van der Waals surface area contributed by atoms with Crippen LogP contribution in [0.15, 0.2) is 41.3 Å². The van der Waals surface area contributed by atoms with Crippen molar-refractivity contribution < 1.29 is 9.18 Å². The van der Waals surface area contributed by atoms with Gasteiger partial charge in [-0.3, -0.25) is 4.79 Å². The molecule has 0 aliphatic heterocycles. The zero-order chi connectivity index (χ0) is 12.3. The van der Waals surface area contributed by atoms with Gasteiger partial charge in [0.25, 0.3) is 0 Å². The minimum Gasteiger partial charge on any atom is -0.292 e. The Hall–Kier alpha value is -0.840. The molecule has 0 aliphatic carbocycles. The Morgan fingerprint density at radius 2 is 2.18 bits per heavy atom. The third-order valence-corrected chi connectivity index (χ3v) is 4.28. The molecule has 17 heavy (non-hydrogen) atoms. The molecule has 0 fully saturated rings. The van der Waals surface area contributed by atoms with E-state index in [1.54, 1.807) is 24.3 Å². The van der Waals surface area contributed by atoms with Crippen LogP contribution in [0.3, 0.4) is 0 Å². The predicted molar refractivity (Wildman–Crippen MR) is 70.8 cm³/mol. The zero-order valence-electron chi connectivity index (χ0n) is 8.65. The third-order valence-electron chi connectivity index (χ3n) is 2.01. The van der Waals surface area contributed by atoms with Crippen molar-refractivity contribution in [2.45, 2.75) is 4.90 Å². The second kappa shape index (κ2) is 5.67. The van der Waals surface area contributed by atoms with Crippen LogP contribution in [0.5, 0.6) is 0 Å². The van der Waals surface area contributed by atoms with Crippen molar-refractivity contribution in [2.75, 3.05) is 5.75 Å². The number of halogens is 2. The van der Waals surface area contributed by atoms with Crippen molar-refractivity contribution in [1.82, 2.24) is 0 Å². The fraction of sp³-hybridized carbons (Fsp3) is 0.0833. The number of carbonyl (C=O) groups is 1. The van der Waals surface area contributed by atoms with E-state index in [0.29, 0.717) is 15.0 Å². The molecular weight excluding hydrogens is 279 g/mol. The van der Waals surface area contributed by atoms with Gasteiger partial charge in [-0.15, -0.1) is 23.1 Å². The smallest absolute Gasteiger partial charge is 0.183 e. The van der Waals surface area contributed by atoms with Crippen molar-refractivity contribution in [3.63, 3.8) is 0 Å². The molecule has 5 heteroatoms. The van der Waals surface area contributed by atoms with Gasteiger partial charge in [0, 0.05) is 4.90 Å². The highest BCUT2D eigenvalue weighted by molar-refractivity contribution is 8.00. The van der Waals surface area contributed by atoms with Crippen LogP contribution in [0.25, 0.3) is 0 Å². The number of hydrogen-bond acceptors (Lipinski definition) is 3. The standard InChI is InChI=1S/C12H8ClFOS2/c13-12-5-4-11(17-12)10(15)7-16-9-3-1-2-8(14)6-9/h1-6H,7H2. The van der Waals surface area contributed by atoms with Gasteiger partial charge in [0.15, 0.2) is 5.78 Å². The summed E-state index contributed by atoms with van der Waals surface area (Å²) in [5.41, 5.74) is 0. The van der Waals surface area contributed by atoms with Crippen LogP contribution in [-0.2, 0) is 0 Å². The molecule has 2 rings (SSSR count). The third kappa shape index (κ3) is 3.56. The summed E-state index contributed by atoms with van der Waals surface area (Å²) in [6.07, 6.45) is 0. The summed E-state index contributed by atoms with van der Waals surface area (Å²) in [4.78, 5) is 13.1. The topological polar surface area (TPSA) is 17.1 Å². The molecule has 0 amide bonds. The van der Waals surface area contributed by atoms with Crippen LogP contribution in [-0.4, -0.2) is 11.5 Å². The van der Waals surface area contributed by atoms with Gasteiger partial charge in [-0.2, -0.15) is 0 Å². The lowest BCUT2D eigenvalue weighted by Crippen LogP contribution is -1.98. The van der Waals surface area contributed by atoms with Crippen LogP contribution < -0.4 is 0 Å². The van der Waals surface area contributed by atoms with E-state index in [1.165, 1.54) is 35.2 Å². The molecule has 88 valence electrons. The van der Waals surface area contributed by atoms with Gasteiger partial charge >= 0.3 is 0 Å². The van der Waals surface area contributed by atoms with Crippen molar-refractivity contribution in [3.8, 4) is 0 Å². The van der Waals surface area contributed by atoms with Crippen LogP contribution in [0.4, 0.5) is 4.39 Å². The summed E-state index contributed by atoms with van der Waals surface area (Å²) in [6.45, 7) is 0. The molecular formula is C12H8ClFOS2. The van der Waals surface area contributed by atoms with Crippen molar-refractivity contribution in [1.29, 1.82) is 0 Å². The molecule has 1 heterocycles. The summed E-state index contributed by atoms with van der Waals surface area (Å²) in [7, 11) is 0. The van der Waals surface area contributed by atoms with E-state index < -0.39 is 0 Å². The summed E-state index contributed by atoms with van der Waals surface area (Å²) in [5.74, 6) is 0.0121. The highest BCUT2D eigenvalue weighted by Crippen LogP contribution is 2.25. The Morgan fingerprint density at radius 3 is 2.82 bits per heavy atom. The minimum atomic E-state index is -0.290. The summed E-state index contributed by atoms with van der Waals surface area (Å²) in [5, 5.41) is 0. The highest BCUT2D eigenvalue weighted by Gasteiger charge is 2.09. The number of carbonyl (C=O) groups excluding carboxylic acids is 1. The molecule has 0 saturated carbocycles. The van der Waals surface area contributed by atoms with Crippen molar-refractivity contribution in [3.05, 3.63) is 51.4 Å². The van der Waals surface area contributed by atoms with Gasteiger partial charge in [0.1, 0.15) is 5.82 Å². The van der Waals surface area contributed by atoms with Gasteiger partial charge in [0.2, 0.25) is 0 Å². The first-order chi connectivity index (χ1) is 8.15. The van der Waals surface area contributed by atoms with E-state index >= 15 is 0 Å². The number of thiophene rings is 1. The van der Waals surface area contributed by atoms with Crippen LogP contribution >= 0.6 is 34.7 Å². The van der Waals surface area contributed by atoms with Crippen LogP contribution in [0, 0.1) is 5.82 Å². The van der Waals surface area contributed by atoms with Crippen molar-refractivity contribution in [2.24, 2.45) is 0 Å². The quantitative estimate of drug-likeness (QED) is 0.607. The average Bonchev–Trinajstić information content (AvgIpc) is 2.73. The number of Topliss-reactive ketones (excluding diaryl/α,β-unsaturated/α-hetero) is 1. The SMILES string of the molecule is O=C(CSc1cccc(F)c1)c1ccc(Cl)s1. The molecule has 1 aromatic heterocycles. The first-order valence-corrected chi connectivity index (χ1v) is 7.00. The normalized spacial score (nSPS) is 10.5. The average molecular weight is 287 g/mol. The maximum Gasteiger partial charge on any atom is 0.183 e. The second-order valence-corrected chi connectivity index (χ2v) is 6.04. The Bertz CT molecular complexity index is 539. The monoisotopic (exact) mass is 286 g/mol. The number of hydrogen-bond donors (Lipinski definition) is 0. The molecule has 0 bridgehead atoms. The Balaban J connectivity index is 1.97. The number of thioether (sulfide) groups is 1. The molecule has 0 radical (unpaired) electrons.